The molecule has 0 amide bonds. The van der Waals surface area contributed by atoms with Crippen LogP contribution in [0.25, 0.3) is 0 Å². The predicted octanol–water partition coefficient (Wildman–Crippen LogP) is 4.61. The monoisotopic (exact) mass is 335 g/mol. The molecule has 2 rings (SSSR count). The Morgan fingerprint density at radius 3 is 2.83 bits per heavy atom. The predicted molar refractivity (Wildman–Crippen MR) is 75.8 cm³/mol. The summed E-state index contributed by atoms with van der Waals surface area (Å²) >= 11 is 9.40. The second kappa shape index (κ2) is 5.35. The molecule has 1 heterocycles. The van der Waals surface area contributed by atoms with Gasteiger partial charge in [-0.2, -0.15) is 0 Å². The maximum Gasteiger partial charge on any atom is 0.125 e. The van der Waals surface area contributed by atoms with E-state index in [0.29, 0.717) is 9.50 Å². The highest BCUT2D eigenvalue weighted by atomic mass is 79.9. The van der Waals surface area contributed by atoms with E-state index in [4.69, 9.17) is 16.3 Å². The molecule has 100 valence electrons. The van der Waals surface area contributed by atoms with Crippen LogP contribution in [0.4, 0.5) is 10.1 Å². The molecule has 1 saturated heterocycles. The van der Waals surface area contributed by atoms with Crippen LogP contribution in [-0.4, -0.2) is 18.2 Å². The van der Waals surface area contributed by atoms with Crippen molar-refractivity contribution in [3.63, 3.8) is 0 Å². The lowest BCUT2D eigenvalue weighted by molar-refractivity contribution is -0.0553. The minimum atomic E-state index is -0.343. The molecule has 1 aromatic carbocycles. The fraction of sp³-hybridized carbons (Fsp3) is 0.538. The molecule has 1 fully saturated rings. The summed E-state index contributed by atoms with van der Waals surface area (Å²) in [6, 6.07) is 3.02. The third kappa shape index (κ3) is 3.37. The lowest BCUT2D eigenvalue weighted by Crippen LogP contribution is -2.40. The highest BCUT2D eigenvalue weighted by Gasteiger charge is 2.29. The Morgan fingerprint density at radius 2 is 2.22 bits per heavy atom. The molecule has 1 aliphatic heterocycles. The van der Waals surface area contributed by atoms with Gasteiger partial charge in [-0.05, 0) is 54.8 Å². The highest BCUT2D eigenvalue weighted by molar-refractivity contribution is 9.10. The first kappa shape index (κ1) is 14.1. The lowest BCUT2D eigenvalue weighted by Gasteiger charge is -2.36. The molecule has 1 aliphatic rings. The largest absolute Gasteiger partial charge is 0.380 e. The van der Waals surface area contributed by atoms with Gasteiger partial charge in [0.2, 0.25) is 0 Å². The van der Waals surface area contributed by atoms with Crippen molar-refractivity contribution in [2.75, 3.05) is 11.9 Å². The number of anilines is 1. The molecule has 1 N–H and O–H groups in total. The van der Waals surface area contributed by atoms with Crippen LogP contribution in [0.1, 0.15) is 26.7 Å². The zero-order valence-corrected chi connectivity index (χ0v) is 12.7. The Morgan fingerprint density at radius 1 is 1.50 bits per heavy atom. The SMILES string of the molecule is CC1(C)CC(Nc2c(Cl)cc(F)cc2Br)CCO1. The third-order valence-electron chi connectivity index (χ3n) is 3.05. The summed E-state index contributed by atoms with van der Waals surface area (Å²) in [6.45, 7) is 4.87. The van der Waals surface area contributed by atoms with Crippen LogP contribution in [0, 0.1) is 5.82 Å². The molecule has 0 radical (unpaired) electrons. The summed E-state index contributed by atoms with van der Waals surface area (Å²) in [5.74, 6) is -0.343. The van der Waals surface area contributed by atoms with E-state index >= 15 is 0 Å². The van der Waals surface area contributed by atoms with Gasteiger partial charge < -0.3 is 10.1 Å². The Labute approximate surface area is 120 Å². The van der Waals surface area contributed by atoms with E-state index in [1.165, 1.54) is 12.1 Å². The first-order valence-electron chi connectivity index (χ1n) is 5.92. The third-order valence-corrected chi connectivity index (χ3v) is 3.98. The van der Waals surface area contributed by atoms with Gasteiger partial charge in [0.25, 0.3) is 0 Å². The fourth-order valence-corrected chi connectivity index (χ4v) is 3.16. The molecule has 0 saturated carbocycles. The quantitative estimate of drug-likeness (QED) is 0.851. The molecule has 1 aromatic rings. The molecule has 1 atom stereocenters. The smallest absolute Gasteiger partial charge is 0.125 e. The van der Waals surface area contributed by atoms with Crippen LogP contribution in [0.2, 0.25) is 5.02 Å². The zero-order valence-electron chi connectivity index (χ0n) is 10.4. The molecule has 0 spiro atoms. The van der Waals surface area contributed by atoms with Crippen molar-refractivity contribution in [1.29, 1.82) is 0 Å². The highest BCUT2D eigenvalue weighted by Crippen LogP contribution is 2.34. The van der Waals surface area contributed by atoms with E-state index in [1.807, 2.05) is 0 Å². The fourth-order valence-electron chi connectivity index (χ4n) is 2.24. The molecule has 0 aromatic heterocycles. The number of ether oxygens (including phenoxy) is 1. The number of hydrogen-bond donors (Lipinski definition) is 1. The van der Waals surface area contributed by atoms with Crippen LogP contribution >= 0.6 is 27.5 Å². The normalized spacial score (nSPS) is 22.8. The zero-order chi connectivity index (χ0) is 13.3. The van der Waals surface area contributed by atoms with E-state index in [2.05, 4.69) is 35.1 Å². The van der Waals surface area contributed by atoms with Crippen molar-refractivity contribution in [2.45, 2.75) is 38.3 Å². The molecule has 1 unspecified atom stereocenters. The van der Waals surface area contributed by atoms with Gasteiger partial charge in [-0.25, -0.2) is 4.39 Å². The molecular weight excluding hydrogens is 321 g/mol. The maximum atomic E-state index is 13.1. The average molecular weight is 337 g/mol. The van der Waals surface area contributed by atoms with Crippen molar-refractivity contribution in [2.24, 2.45) is 0 Å². The van der Waals surface area contributed by atoms with Gasteiger partial charge in [0, 0.05) is 17.1 Å². The van der Waals surface area contributed by atoms with E-state index < -0.39 is 0 Å². The van der Waals surface area contributed by atoms with Crippen LogP contribution in [0.5, 0.6) is 0 Å². The van der Waals surface area contributed by atoms with Gasteiger partial charge in [-0.15, -0.1) is 0 Å². The second-order valence-electron chi connectivity index (χ2n) is 5.19. The molecular formula is C13H16BrClFNO. The first-order valence-corrected chi connectivity index (χ1v) is 7.09. The molecule has 0 bridgehead atoms. The van der Waals surface area contributed by atoms with Gasteiger partial charge in [0.1, 0.15) is 5.82 Å². The van der Waals surface area contributed by atoms with Crippen molar-refractivity contribution < 1.29 is 9.13 Å². The van der Waals surface area contributed by atoms with E-state index in [1.54, 1.807) is 0 Å². The summed E-state index contributed by atoms with van der Waals surface area (Å²) in [5.41, 5.74) is 0.621. The van der Waals surface area contributed by atoms with E-state index in [-0.39, 0.29) is 17.5 Å². The van der Waals surface area contributed by atoms with Crippen LogP contribution in [-0.2, 0) is 4.74 Å². The first-order chi connectivity index (χ1) is 8.37. The van der Waals surface area contributed by atoms with Crippen LogP contribution in [0.3, 0.4) is 0 Å². The van der Waals surface area contributed by atoms with E-state index in [9.17, 15) is 4.39 Å². The summed E-state index contributed by atoms with van der Waals surface area (Å²) in [5, 5.41) is 3.77. The standard InChI is InChI=1S/C13H16BrClFNO/c1-13(2)7-9(3-4-18-13)17-12-10(14)5-8(16)6-11(12)15/h5-6,9,17H,3-4,7H2,1-2H3. The number of rotatable bonds is 2. The number of halogens is 3. The van der Waals surface area contributed by atoms with Crippen molar-refractivity contribution in [3.8, 4) is 0 Å². The van der Waals surface area contributed by atoms with Gasteiger partial charge in [0.15, 0.2) is 0 Å². The molecule has 2 nitrogen and oxygen atoms in total. The summed E-state index contributed by atoms with van der Waals surface area (Å²) in [7, 11) is 0. The number of hydrogen-bond acceptors (Lipinski definition) is 2. The van der Waals surface area contributed by atoms with Crippen LogP contribution < -0.4 is 5.32 Å². The van der Waals surface area contributed by atoms with Crippen molar-refractivity contribution >= 4 is 33.2 Å². The van der Waals surface area contributed by atoms with E-state index in [0.717, 1.165) is 25.1 Å². The average Bonchev–Trinajstić information content (AvgIpc) is 2.22. The summed E-state index contributed by atoms with van der Waals surface area (Å²) in [6.07, 6.45) is 1.82. The molecule has 18 heavy (non-hydrogen) atoms. The van der Waals surface area contributed by atoms with Crippen LogP contribution in [0.15, 0.2) is 16.6 Å². The van der Waals surface area contributed by atoms with Crippen molar-refractivity contribution in [1.82, 2.24) is 0 Å². The summed E-state index contributed by atoms with van der Waals surface area (Å²) < 4.78 is 19.5. The minimum absolute atomic E-state index is 0.130. The lowest BCUT2D eigenvalue weighted by atomic mass is 9.94. The number of benzene rings is 1. The molecule has 0 aliphatic carbocycles. The minimum Gasteiger partial charge on any atom is -0.380 e. The topological polar surface area (TPSA) is 21.3 Å². The second-order valence-corrected chi connectivity index (χ2v) is 6.45. The Kier molecular flexibility index (Phi) is 4.19. The Balaban J connectivity index is 2.14. The van der Waals surface area contributed by atoms with Gasteiger partial charge in [0.05, 0.1) is 16.3 Å². The molecule has 5 heteroatoms. The van der Waals surface area contributed by atoms with Gasteiger partial charge in [-0.3, -0.25) is 0 Å². The maximum absolute atomic E-state index is 13.1. The van der Waals surface area contributed by atoms with Crippen molar-refractivity contribution in [3.05, 3.63) is 27.4 Å². The number of nitrogens with one attached hydrogen (secondary N) is 1. The Bertz CT molecular complexity index is 430. The Hall–Kier alpha value is -0.320. The van der Waals surface area contributed by atoms with Gasteiger partial charge >= 0.3 is 0 Å². The summed E-state index contributed by atoms with van der Waals surface area (Å²) in [4.78, 5) is 0. The van der Waals surface area contributed by atoms with Gasteiger partial charge in [-0.1, -0.05) is 11.6 Å².